The maximum atomic E-state index is 12.8. The van der Waals surface area contributed by atoms with Crippen molar-refractivity contribution in [3.05, 3.63) is 24.3 Å². The fourth-order valence-corrected chi connectivity index (χ4v) is 4.69. The Balaban J connectivity index is 1.78. The molecule has 0 aliphatic carbocycles. The fraction of sp³-hybridized carbons (Fsp3) is 0.533. The van der Waals surface area contributed by atoms with E-state index in [1.807, 2.05) is 0 Å². The van der Waals surface area contributed by atoms with Gasteiger partial charge >= 0.3 is 0 Å². The minimum absolute atomic E-state index is 0.176. The summed E-state index contributed by atoms with van der Waals surface area (Å²) in [6.45, 7) is 2.51. The molecule has 0 saturated carbocycles. The third-order valence-corrected chi connectivity index (χ3v) is 6.18. The van der Waals surface area contributed by atoms with Crippen LogP contribution in [0.1, 0.15) is 26.2 Å². The van der Waals surface area contributed by atoms with E-state index in [-0.39, 0.29) is 16.8 Å². The molecule has 2 saturated heterocycles. The Morgan fingerprint density at radius 3 is 2.55 bits per heavy atom. The van der Waals surface area contributed by atoms with E-state index in [1.54, 1.807) is 28.6 Å². The van der Waals surface area contributed by atoms with E-state index in [0.29, 0.717) is 24.8 Å². The molecular weight excluding hydrogens is 302 g/mol. The molecule has 0 spiro atoms. The molecule has 0 aromatic heterocycles. The average molecular weight is 323 g/mol. The summed E-state index contributed by atoms with van der Waals surface area (Å²) in [5.41, 5.74) is 0.600. The van der Waals surface area contributed by atoms with Gasteiger partial charge in [0, 0.05) is 37.8 Å². The number of amides is 1. The molecular formula is C15H21N3O3S. The second-order valence-electron chi connectivity index (χ2n) is 6.00. The Hall–Kier alpha value is -1.44. The Morgan fingerprint density at radius 1 is 1.18 bits per heavy atom. The highest BCUT2D eigenvalue weighted by atomic mass is 32.2. The second kappa shape index (κ2) is 5.98. The van der Waals surface area contributed by atoms with Crippen LogP contribution in [0.3, 0.4) is 0 Å². The lowest BCUT2D eigenvalue weighted by Crippen LogP contribution is -2.39. The van der Waals surface area contributed by atoms with Gasteiger partial charge in [0.25, 0.3) is 0 Å². The topological polar surface area (TPSA) is 78.5 Å². The summed E-state index contributed by atoms with van der Waals surface area (Å²) in [4.78, 5) is 11.3. The highest BCUT2D eigenvalue weighted by Crippen LogP contribution is 2.25. The van der Waals surface area contributed by atoms with Crippen molar-refractivity contribution < 1.29 is 13.2 Å². The van der Waals surface area contributed by atoms with Crippen LogP contribution in [-0.2, 0) is 14.8 Å². The summed E-state index contributed by atoms with van der Waals surface area (Å²) in [6, 6.07) is 7.06. The van der Waals surface area contributed by atoms with Crippen molar-refractivity contribution in [2.24, 2.45) is 0 Å². The number of rotatable bonds is 3. The van der Waals surface area contributed by atoms with Gasteiger partial charge in [-0.2, -0.15) is 4.31 Å². The van der Waals surface area contributed by atoms with Gasteiger partial charge in [-0.15, -0.1) is 0 Å². The highest BCUT2D eigenvalue weighted by molar-refractivity contribution is 7.89. The van der Waals surface area contributed by atoms with Gasteiger partial charge in [0.15, 0.2) is 0 Å². The maximum Gasteiger partial charge on any atom is 0.243 e. The number of sulfonamides is 1. The first-order valence-corrected chi connectivity index (χ1v) is 9.03. The molecule has 6 nitrogen and oxygen atoms in total. The number of carbonyl (C=O) groups is 1. The first-order chi connectivity index (χ1) is 10.4. The molecule has 2 fully saturated rings. The molecule has 1 aromatic carbocycles. The van der Waals surface area contributed by atoms with Crippen molar-refractivity contribution >= 4 is 21.6 Å². The second-order valence-corrected chi connectivity index (χ2v) is 7.93. The van der Waals surface area contributed by atoms with Crippen molar-refractivity contribution in [2.75, 3.05) is 18.4 Å². The van der Waals surface area contributed by atoms with Gasteiger partial charge in [-0.25, -0.2) is 8.42 Å². The zero-order chi connectivity index (χ0) is 15.7. The number of carbonyl (C=O) groups excluding carboxylic acids is 1. The van der Waals surface area contributed by atoms with Gasteiger partial charge in [-0.05, 0) is 43.5 Å². The molecule has 1 amide bonds. The Kier molecular flexibility index (Phi) is 4.20. The van der Waals surface area contributed by atoms with Gasteiger partial charge in [-0.1, -0.05) is 0 Å². The molecule has 22 heavy (non-hydrogen) atoms. The van der Waals surface area contributed by atoms with Crippen LogP contribution in [0.4, 0.5) is 5.69 Å². The zero-order valence-electron chi connectivity index (χ0n) is 12.6. The number of fused-ring (bicyclic) bond motifs is 2. The Morgan fingerprint density at radius 2 is 1.86 bits per heavy atom. The van der Waals surface area contributed by atoms with Crippen LogP contribution in [0.2, 0.25) is 0 Å². The van der Waals surface area contributed by atoms with Crippen LogP contribution in [0.25, 0.3) is 0 Å². The maximum absolute atomic E-state index is 12.8. The van der Waals surface area contributed by atoms with E-state index in [2.05, 4.69) is 10.6 Å². The predicted octanol–water partition coefficient (Wildman–Crippen LogP) is 1.16. The smallest absolute Gasteiger partial charge is 0.243 e. The minimum Gasteiger partial charge on any atom is -0.326 e. The number of hydrogen-bond acceptors (Lipinski definition) is 4. The molecule has 2 unspecified atom stereocenters. The highest BCUT2D eigenvalue weighted by Gasteiger charge is 2.34. The van der Waals surface area contributed by atoms with Gasteiger partial charge in [0.05, 0.1) is 4.90 Å². The number of anilines is 1. The summed E-state index contributed by atoms with van der Waals surface area (Å²) >= 11 is 0. The number of benzene rings is 1. The molecule has 7 heteroatoms. The van der Waals surface area contributed by atoms with Crippen molar-refractivity contribution in [1.29, 1.82) is 0 Å². The van der Waals surface area contributed by atoms with Gasteiger partial charge in [-0.3, -0.25) is 4.79 Å². The van der Waals surface area contributed by atoms with Gasteiger partial charge in [0.1, 0.15) is 0 Å². The normalized spacial score (nSPS) is 25.7. The van der Waals surface area contributed by atoms with E-state index in [0.717, 1.165) is 19.3 Å². The molecule has 2 bridgehead atoms. The number of hydrogen-bond donors (Lipinski definition) is 2. The van der Waals surface area contributed by atoms with E-state index in [4.69, 9.17) is 0 Å². The van der Waals surface area contributed by atoms with Crippen molar-refractivity contribution in [1.82, 2.24) is 9.62 Å². The van der Waals surface area contributed by atoms with Gasteiger partial charge in [0.2, 0.25) is 15.9 Å². The van der Waals surface area contributed by atoms with Crippen molar-refractivity contribution in [2.45, 2.75) is 43.2 Å². The molecule has 120 valence electrons. The SMILES string of the molecule is CC(=O)Nc1ccc(S(=O)(=O)N2CCC3CCC(C2)N3)cc1. The van der Waals surface area contributed by atoms with E-state index < -0.39 is 10.0 Å². The average Bonchev–Trinajstić information content (AvgIpc) is 2.77. The lowest BCUT2D eigenvalue weighted by molar-refractivity contribution is -0.114. The Bertz CT molecular complexity index is 657. The number of nitrogens with one attached hydrogen (secondary N) is 2. The Labute approximate surface area is 130 Å². The lowest BCUT2D eigenvalue weighted by Gasteiger charge is -2.23. The van der Waals surface area contributed by atoms with Crippen molar-refractivity contribution in [3.63, 3.8) is 0 Å². The van der Waals surface area contributed by atoms with E-state index in [9.17, 15) is 13.2 Å². The molecule has 3 rings (SSSR count). The molecule has 2 N–H and O–H groups in total. The summed E-state index contributed by atoms with van der Waals surface area (Å²) in [7, 11) is -3.47. The lowest BCUT2D eigenvalue weighted by atomic mass is 10.1. The van der Waals surface area contributed by atoms with Crippen LogP contribution < -0.4 is 10.6 Å². The largest absolute Gasteiger partial charge is 0.326 e. The van der Waals surface area contributed by atoms with Crippen LogP contribution in [-0.4, -0.2) is 43.8 Å². The summed E-state index contributed by atoms with van der Waals surface area (Å²) in [5, 5.41) is 6.12. The summed E-state index contributed by atoms with van der Waals surface area (Å²) in [6.07, 6.45) is 3.04. The van der Waals surface area contributed by atoms with Gasteiger partial charge < -0.3 is 10.6 Å². The molecule has 2 aliphatic heterocycles. The minimum atomic E-state index is -3.47. The molecule has 1 aromatic rings. The van der Waals surface area contributed by atoms with Crippen LogP contribution in [0.15, 0.2) is 29.2 Å². The van der Waals surface area contributed by atoms with E-state index in [1.165, 1.54) is 6.92 Å². The number of nitrogens with zero attached hydrogens (tertiary/aromatic N) is 1. The monoisotopic (exact) mass is 323 g/mol. The third-order valence-electron chi connectivity index (χ3n) is 4.30. The third kappa shape index (κ3) is 3.16. The first kappa shape index (κ1) is 15.5. The first-order valence-electron chi connectivity index (χ1n) is 7.59. The predicted molar refractivity (Wildman–Crippen MR) is 84.1 cm³/mol. The standard InChI is InChI=1S/C15H21N3O3S/c1-11(19)16-12-4-6-15(7-5-12)22(20,21)18-9-8-13-2-3-14(10-18)17-13/h4-7,13-14,17H,2-3,8-10H2,1H3,(H,16,19). The van der Waals surface area contributed by atoms with E-state index >= 15 is 0 Å². The molecule has 2 atom stereocenters. The molecule has 2 aliphatic rings. The summed E-state index contributed by atoms with van der Waals surface area (Å²) < 4.78 is 27.1. The summed E-state index contributed by atoms with van der Waals surface area (Å²) in [5.74, 6) is -0.176. The van der Waals surface area contributed by atoms with Crippen molar-refractivity contribution in [3.8, 4) is 0 Å². The van der Waals surface area contributed by atoms with Crippen LogP contribution >= 0.6 is 0 Å². The quantitative estimate of drug-likeness (QED) is 0.875. The van der Waals surface area contributed by atoms with Crippen LogP contribution in [0.5, 0.6) is 0 Å². The fourth-order valence-electron chi connectivity index (χ4n) is 3.19. The zero-order valence-corrected chi connectivity index (χ0v) is 13.4. The molecule has 0 radical (unpaired) electrons. The molecule has 2 heterocycles. The van der Waals surface area contributed by atoms with Crippen LogP contribution in [0, 0.1) is 0 Å².